The number of nitrogens with zero attached hydrogens (tertiary/aromatic N) is 4. The van der Waals surface area contributed by atoms with Gasteiger partial charge in [0.2, 0.25) is 5.95 Å². The van der Waals surface area contributed by atoms with Crippen molar-refractivity contribution in [2.24, 2.45) is 0 Å². The lowest BCUT2D eigenvalue weighted by molar-refractivity contribution is 0.0382. The first-order chi connectivity index (χ1) is 9.31. The molecule has 1 aliphatic rings. The molecule has 0 spiro atoms. The number of fused-ring (bicyclic) bond motifs is 1. The zero-order chi connectivity index (χ0) is 13.2. The van der Waals surface area contributed by atoms with E-state index >= 15 is 0 Å². The zero-order valence-corrected chi connectivity index (χ0v) is 11.2. The maximum Gasteiger partial charge on any atom is 0.226 e. The molecule has 1 fully saturated rings. The summed E-state index contributed by atoms with van der Waals surface area (Å²) in [5.41, 5.74) is 1.57. The molecule has 0 aliphatic carbocycles. The van der Waals surface area contributed by atoms with Crippen LogP contribution in [0, 0.1) is 0 Å². The van der Waals surface area contributed by atoms with Crippen molar-refractivity contribution in [2.45, 2.75) is 19.4 Å². The largest absolute Gasteiger partial charge is 0.375 e. The lowest BCUT2D eigenvalue weighted by Gasteiger charge is -2.33. The number of imidazole rings is 1. The van der Waals surface area contributed by atoms with E-state index in [1.54, 1.807) is 6.33 Å². The van der Waals surface area contributed by atoms with Gasteiger partial charge in [-0.15, -0.1) is 0 Å². The number of anilines is 2. The summed E-state index contributed by atoms with van der Waals surface area (Å²) >= 11 is 0. The molecule has 1 unspecified atom stereocenters. The molecule has 1 aliphatic heterocycles. The third-order valence-corrected chi connectivity index (χ3v) is 3.38. The Balaban J connectivity index is 2.00. The van der Waals surface area contributed by atoms with E-state index in [4.69, 9.17) is 4.74 Å². The van der Waals surface area contributed by atoms with E-state index in [0.29, 0.717) is 11.6 Å². The highest BCUT2D eigenvalue weighted by Gasteiger charge is 2.23. The van der Waals surface area contributed by atoms with Crippen LogP contribution in [-0.4, -0.2) is 52.8 Å². The number of hydrogen-bond donors (Lipinski definition) is 2. The van der Waals surface area contributed by atoms with Crippen LogP contribution >= 0.6 is 0 Å². The van der Waals surface area contributed by atoms with Crippen molar-refractivity contribution in [3.05, 3.63) is 6.33 Å². The Labute approximate surface area is 111 Å². The highest BCUT2D eigenvalue weighted by atomic mass is 16.5. The zero-order valence-electron chi connectivity index (χ0n) is 11.2. The summed E-state index contributed by atoms with van der Waals surface area (Å²) in [5.74, 6) is 1.49. The number of aromatic amines is 1. The first-order valence-electron chi connectivity index (χ1n) is 6.57. The van der Waals surface area contributed by atoms with E-state index < -0.39 is 0 Å². The maximum atomic E-state index is 5.70. The number of morpholine rings is 1. The molecule has 0 bridgehead atoms. The van der Waals surface area contributed by atoms with Gasteiger partial charge >= 0.3 is 0 Å². The SMILES string of the molecule is CCC1CN(c2nc(NC)nc3nc[nH]c23)CCO1. The van der Waals surface area contributed by atoms with E-state index in [0.717, 1.165) is 37.5 Å². The van der Waals surface area contributed by atoms with Gasteiger partial charge in [-0.1, -0.05) is 6.92 Å². The Morgan fingerprint density at radius 2 is 2.42 bits per heavy atom. The van der Waals surface area contributed by atoms with Gasteiger partial charge in [-0.2, -0.15) is 9.97 Å². The van der Waals surface area contributed by atoms with Crippen molar-refractivity contribution in [3.8, 4) is 0 Å². The van der Waals surface area contributed by atoms with Gasteiger partial charge in [-0.05, 0) is 6.42 Å². The van der Waals surface area contributed by atoms with Crippen molar-refractivity contribution in [2.75, 3.05) is 37.0 Å². The molecule has 3 heterocycles. The smallest absolute Gasteiger partial charge is 0.226 e. The molecule has 102 valence electrons. The fraction of sp³-hybridized carbons (Fsp3) is 0.583. The third-order valence-electron chi connectivity index (χ3n) is 3.38. The van der Waals surface area contributed by atoms with E-state index in [1.807, 2.05) is 7.05 Å². The quantitative estimate of drug-likeness (QED) is 0.859. The molecule has 0 radical (unpaired) electrons. The Bertz CT molecular complexity index is 568. The van der Waals surface area contributed by atoms with Crippen molar-refractivity contribution >= 4 is 22.9 Å². The second kappa shape index (κ2) is 5.00. The molecule has 0 amide bonds. The van der Waals surface area contributed by atoms with Crippen LogP contribution in [-0.2, 0) is 4.74 Å². The normalized spacial score (nSPS) is 19.9. The number of aromatic nitrogens is 4. The minimum Gasteiger partial charge on any atom is -0.375 e. The van der Waals surface area contributed by atoms with Gasteiger partial charge in [0.05, 0.1) is 19.0 Å². The summed E-state index contributed by atoms with van der Waals surface area (Å²) in [7, 11) is 1.81. The topological polar surface area (TPSA) is 79.0 Å². The summed E-state index contributed by atoms with van der Waals surface area (Å²) in [6.45, 7) is 4.56. The van der Waals surface area contributed by atoms with Gasteiger partial charge in [-0.3, -0.25) is 0 Å². The maximum absolute atomic E-state index is 5.70. The number of nitrogens with one attached hydrogen (secondary N) is 2. The average molecular weight is 262 g/mol. The standard InChI is InChI=1S/C12H18N6O/c1-3-8-6-18(4-5-19-8)11-9-10(15-7-14-9)16-12(13-2)17-11/h7-8H,3-6H2,1-2H3,(H2,13,14,15,16,17). The molecule has 7 nitrogen and oxygen atoms in total. The van der Waals surface area contributed by atoms with Crippen molar-refractivity contribution in [3.63, 3.8) is 0 Å². The van der Waals surface area contributed by atoms with Gasteiger partial charge < -0.3 is 19.9 Å². The van der Waals surface area contributed by atoms with Gasteiger partial charge in [0, 0.05) is 20.1 Å². The van der Waals surface area contributed by atoms with Gasteiger partial charge in [0.25, 0.3) is 0 Å². The summed E-state index contributed by atoms with van der Waals surface area (Å²) in [5, 5.41) is 2.98. The molecule has 7 heteroatoms. The lowest BCUT2D eigenvalue weighted by Crippen LogP contribution is -2.42. The molecule has 1 saturated heterocycles. The highest BCUT2D eigenvalue weighted by molar-refractivity contribution is 5.84. The van der Waals surface area contributed by atoms with Crippen LogP contribution in [0.15, 0.2) is 6.33 Å². The lowest BCUT2D eigenvalue weighted by atomic mass is 10.2. The van der Waals surface area contributed by atoms with E-state index in [2.05, 4.69) is 37.1 Å². The summed E-state index contributed by atoms with van der Waals surface area (Å²) in [4.78, 5) is 18.5. The predicted molar refractivity (Wildman–Crippen MR) is 73.5 cm³/mol. The third kappa shape index (κ3) is 2.21. The van der Waals surface area contributed by atoms with Crippen LogP contribution in [0.5, 0.6) is 0 Å². The average Bonchev–Trinajstić information content (AvgIpc) is 2.94. The molecular formula is C12H18N6O. The van der Waals surface area contributed by atoms with Crippen LogP contribution < -0.4 is 10.2 Å². The van der Waals surface area contributed by atoms with Crippen molar-refractivity contribution < 1.29 is 4.74 Å². The summed E-state index contributed by atoms with van der Waals surface area (Å²) < 4.78 is 5.70. The van der Waals surface area contributed by atoms with Crippen molar-refractivity contribution in [1.82, 2.24) is 19.9 Å². The van der Waals surface area contributed by atoms with E-state index in [-0.39, 0.29) is 6.10 Å². The summed E-state index contributed by atoms with van der Waals surface area (Å²) in [6, 6.07) is 0. The van der Waals surface area contributed by atoms with Crippen LogP contribution in [0.4, 0.5) is 11.8 Å². The molecular weight excluding hydrogens is 244 g/mol. The monoisotopic (exact) mass is 262 g/mol. The van der Waals surface area contributed by atoms with Crippen LogP contribution in [0.25, 0.3) is 11.2 Å². The molecule has 19 heavy (non-hydrogen) atoms. The van der Waals surface area contributed by atoms with E-state index in [9.17, 15) is 0 Å². The molecule has 1 atom stereocenters. The number of H-pyrrole nitrogens is 1. The van der Waals surface area contributed by atoms with E-state index in [1.165, 1.54) is 0 Å². The Morgan fingerprint density at radius 1 is 1.53 bits per heavy atom. The Morgan fingerprint density at radius 3 is 3.21 bits per heavy atom. The van der Waals surface area contributed by atoms with Gasteiger partial charge in [-0.25, -0.2) is 4.98 Å². The molecule has 2 aromatic heterocycles. The van der Waals surface area contributed by atoms with Crippen LogP contribution in [0.1, 0.15) is 13.3 Å². The fourth-order valence-corrected chi connectivity index (χ4v) is 2.32. The van der Waals surface area contributed by atoms with Crippen LogP contribution in [0.3, 0.4) is 0 Å². The predicted octanol–water partition coefficient (Wildman–Crippen LogP) is 1.01. The fourth-order valence-electron chi connectivity index (χ4n) is 2.32. The second-order valence-corrected chi connectivity index (χ2v) is 4.57. The molecule has 0 aromatic carbocycles. The number of rotatable bonds is 3. The molecule has 0 saturated carbocycles. The Hall–Kier alpha value is -1.89. The molecule has 3 rings (SSSR count). The number of hydrogen-bond acceptors (Lipinski definition) is 6. The minimum absolute atomic E-state index is 0.264. The van der Waals surface area contributed by atoms with Gasteiger partial charge in [0.15, 0.2) is 11.5 Å². The van der Waals surface area contributed by atoms with Gasteiger partial charge in [0.1, 0.15) is 5.52 Å². The molecule has 2 N–H and O–H groups in total. The van der Waals surface area contributed by atoms with Crippen LogP contribution in [0.2, 0.25) is 0 Å². The highest BCUT2D eigenvalue weighted by Crippen LogP contribution is 2.24. The number of ether oxygens (including phenoxy) is 1. The molecule has 2 aromatic rings. The first kappa shape index (κ1) is 12.2. The second-order valence-electron chi connectivity index (χ2n) is 4.57. The minimum atomic E-state index is 0.264. The first-order valence-corrected chi connectivity index (χ1v) is 6.57. The summed E-state index contributed by atoms with van der Waals surface area (Å²) in [6.07, 6.45) is 2.92. The van der Waals surface area contributed by atoms with Crippen molar-refractivity contribution in [1.29, 1.82) is 0 Å². The Kier molecular flexibility index (Phi) is 3.20.